The van der Waals surface area contributed by atoms with E-state index in [1.807, 2.05) is 30.4 Å². The van der Waals surface area contributed by atoms with E-state index >= 15 is 0 Å². The zero-order valence-electron chi connectivity index (χ0n) is 60.4. The quantitative estimate of drug-likeness (QED) is 0.0169. The summed E-state index contributed by atoms with van der Waals surface area (Å²) in [5, 5.41) is 10.6. The number of unbranched alkanes of at least 4 members (excludes halogenated alkanes) is 15. The predicted molar refractivity (Wildman–Crippen MR) is 399 cm³/mol. The first kappa shape index (κ1) is 92.7. The molecule has 0 aliphatic rings. The first-order chi connectivity index (χ1) is 47.7. The van der Waals surface area contributed by atoms with Crippen LogP contribution in [0.1, 0.15) is 259 Å². The Bertz CT molecular complexity index is 2480. The van der Waals surface area contributed by atoms with Crippen molar-refractivity contribution in [3.05, 3.63) is 158 Å². The lowest BCUT2D eigenvalue weighted by Gasteiger charge is -2.21. The van der Waals surface area contributed by atoms with Gasteiger partial charge in [-0.3, -0.25) is 37.3 Å². The van der Waals surface area contributed by atoms with Gasteiger partial charge in [0.15, 0.2) is 12.2 Å². The average Bonchev–Trinajstić information content (AvgIpc) is 1.03. The normalized spacial score (nSPS) is 14.9. The van der Waals surface area contributed by atoms with Gasteiger partial charge in [0.05, 0.1) is 26.4 Å². The van der Waals surface area contributed by atoms with E-state index in [1.54, 1.807) is 0 Å². The van der Waals surface area contributed by atoms with Gasteiger partial charge in [-0.2, -0.15) is 0 Å². The van der Waals surface area contributed by atoms with Crippen molar-refractivity contribution in [2.24, 2.45) is 0 Å². The molecule has 0 aliphatic carbocycles. The molecule has 0 radical (unpaired) electrons. The standard InChI is InChI=1S/C79H128O17P2/c1-5-9-13-17-21-25-29-31-33-35-36-38-40-42-46-48-52-56-60-64-77(82)90-70-75(96-79(84)66-62-58-54-50-44-28-24-20-16-12-8-4)72-94-98(87,88)92-68-73(80)67-91-97(85,86)93-71-74(95-78(83)65-61-57-53-49-43-27-23-19-15-11-7-3)69-89-76(81)63-59-55-51-47-45-41-39-37-34-32-30-26-22-18-14-10-6-2/h9-10,13-14,19-26,31-34,36,38-39,41-42,46-47,51-52,56,73-75,80H,5-8,11-12,15-18,27-30,35,37,40,43-45,48-50,53-55,57-72H2,1-4H3,(H,85,86)(H,87,88)/b13-9-,14-10-,23-19-,24-20-,25-21-,26-22-,33-31-,34-32-,38-36-,41-39-,46-42-,51-47-,56-52-. The van der Waals surface area contributed by atoms with E-state index in [4.69, 9.17) is 37.0 Å². The summed E-state index contributed by atoms with van der Waals surface area (Å²) in [6, 6.07) is 0. The predicted octanol–water partition coefficient (Wildman–Crippen LogP) is 20.9. The van der Waals surface area contributed by atoms with Gasteiger partial charge < -0.3 is 33.8 Å². The molecule has 19 heteroatoms. The van der Waals surface area contributed by atoms with Crippen molar-refractivity contribution in [2.75, 3.05) is 39.6 Å². The van der Waals surface area contributed by atoms with E-state index in [-0.39, 0.29) is 25.7 Å². The monoisotopic (exact) mass is 1410 g/mol. The summed E-state index contributed by atoms with van der Waals surface area (Å²) in [4.78, 5) is 72.6. The molecule has 0 saturated heterocycles. The highest BCUT2D eigenvalue weighted by molar-refractivity contribution is 7.47. The fourth-order valence-corrected chi connectivity index (χ4v) is 10.5. The van der Waals surface area contributed by atoms with Crippen molar-refractivity contribution in [3.63, 3.8) is 0 Å². The molecule has 0 rings (SSSR count). The van der Waals surface area contributed by atoms with E-state index in [9.17, 15) is 43.2 Å². The SMILES string of the molecule is CC/C=C\C/C=C\C/C=C\C/C=C\C/C=C\C/C=C\CCC(=O)OCC(COP(=O)(O)OCC(O)COP(=O)(O)OCC(COC(=O)CCC/C=C\C/C=C\C/C=C\C/C=C\C/C=C\CC)OC(=O)CCCCCCC/C=C\CCCC)OC(=O)CCCCCCC/C=C\CCCC. The Labute approximate surface area is 591 Å². The van der Waals surface area contributed by atoms with Crippen LogP contribution in [0.15, 0.2) is 158 Å². The molecule has 3 N–H and O–H groups in total. The summed E-state index contributed by atoms with van der Waals surface area (Å²) >= 11 is 0. The van der Waals surface area contributed by atoms with Crippen LogP contribution in [0.4, 0.5) is 0 Å². The molecule has 0 bridgehead atoms. The van der Waals surface area contributed by atoms with Crippen LogP contribution in [0.25, 0.3) is 0 Å². The highest BCUT2D eigenvalue weighted by Crippen LogP contribution is 2.45. The van der Waals surface area contributed by atoms with Gasteiger partial charge in [-0.25, -0.2) is 9.13 Å². The lowest BCUT2D eigenvalue weighted by atomic mass is 10.1. The Morgan fingerprint density at radius 2 is 0.561 bits per heavy atom. The summed E-state index contributed by atoms with van der Waals surface area (Å²) < 4.78 is 68.1. The van der Waals surface area contributed by atoms with E-state index < -0.39 is 97.5 Å². The van der Waals surface area contributed by atoms with Crippen molar-refractivity contribution in [1.82, 2.24) is 0 Å². The number of carbonyl (C=O) groups is 4. The van der Waals surface area contributed by atoms with E-state index in [1.165, 1.54) is 19.3 Å². The first-order valence-electron chi connectivity index (χ1n) is 36.7. The summed E-state index contributed by atoms with van der Waals surface area (Å²) in [6.45, 7) is 4.35. The third kappa shape index (κ3) is 69.2. The van der Waals surface area contributed by atoms with Crippen molar-refractivity contribution in [2.45, 2.75) is 277 Å². The Morgan fingerprint density at radius 1 is 0.296 bits per heavy atom. The highest BCUT2D eigenvalue weighted by Gasteiger charge is 2.30. The number of esters is 4. The largest absolute Gasteiger partial charge is 0.472 e. The second-order valence-electron chi connectivity index (χ2n) is 23.8. The van der Waals surface area contributed by atoms with Crippen LogP contribution >= 0.6 is 15.6 Å². The number of carbonyl (C=O) groups excluding carboxylic acids is 4. The fraction of sp³-hybridized carbons (Fsp3) is 0.620. The maximum absolute atomic E-state index is 13.0. The molecule has 17 nitrogen and oxygen atoms in total. The number of hydrogen-bond donors (Lipinski definition) is 3. The number of phosphoric ester groups is 2. The van der Waals surface area contributed by atoms with E-state index in [0.717, 1.165) is 148 Å². The lowest BCUT2D eigenvalue weighted by Crippen LogP contribution is -2.30. The average molecular weight is 1410 g/mol. The third-order valence-corrected chi connectivity index (χ3v) is 16.4. The summed E-state index contributed by atoms with van der Waals surface area (Å²) in [5.41, 5.74) is 0. The minimum Gasteiger partial charge on any atom is -0.462 e. The molecule has 0 heterocycles. The van der Waals surface area contributed by atoms with Gasteiger partial charge in [0.2, 0.25) is 0 Å². The van der Waals surface area contributed by atoms with Gasteiger partial charge in [-0.1, -0.05) is 250 Å². The zero-order chi connectivity index (χ0) is 71.8. The molecule has 0 spiro atoms. The van der Waals surface area contributed by atoms with Crippen LogP contribution in [-0.2, 0) is 65.4 Å². The number of rotatable bonds is 67. The Morgan fingerprint density at radius 3 is 0.918 bits per heavy atom. The van der Waals surface area contributed by atoms with Gasteiger partial charge in [-0.05, 0) is 141 Å². The summed E-state index contributed by atoms with van der Waals surface area (Å²) in [5.74, 6) is -2.38. The number of aliphatic hydroxyl groups is 1. The van der Waals surface area contributed by atoms with Gasteiger partial charge >= 0.3 is 39.5 Å². The van der Waals surface area contributed by atoms with Crippen molar-refractivity contribution in [3.8, 4) is 0 Å². The minimum absolute atomic E-state index is 0.0289. The van der Waals surface area contributed by atoms with Crippen molar-refractivity contribution >= 4 is 39.5 Å². The van der Waals surface area contributed by atoms with Crippen molar-refractivity contribution < 1.29 is 80.2 Å². The highest BCUT2D eigenvalue weighted by atomic mass is 31.2. The molecule has 0 aromatic rings. The number of allylic oxidation sites excluding steroid dienone is 26. The topological polar surface area (TPSA) is 237 Å². The number of ether oxygens (including phenoxy) is 4. The summed E-state index contributed by atoms with van der Waals surface area (Å²) in [6.07, 6.45) is 80.0. The molecule has 0 saturated carbocycles. The molecule has 0 amide bonds. The number of aliphatic hydroxyl groups excluding tert-OH is 1. The molecule has 0 aromatic carbocycles. The van der Waals surface area contributed by atoms with Crippen molar-refractivity contribution in [1.29, 1.82) is 0 Å². The van der Waals surface area contributed by atoms with Gasteiger partial charge in [-0.15, -0.1) is 0 Å². The van der Waals surface area contributed by atoms with E-state index in [2.05, 4.69) is 155 Å². The van der Waals surface area contributed by atoms with Crippen LogP contribution in [0, 0.1) is 0 Å². The van der Waals surface area contributed by atoms with Gasteiger partial charge in [0.1, 0.15) is 19.3 Å². The molecule has 98 heavy (non-hydrogen) atoms. The van der Waals surface area contributed by atoms with Gasteiger partial charge in [0, 0.05) is 25.7 Å². The minimum atomic E-state index is -5.00. The van der Waals surface area contributed by atoms with E-state index in [0.29, 0.717) is 38.5 Å². The van der Waals surface area contributed by atoms with Gasteiger partial charge in [0.25, 0.3) is 0 Å². The second-order valence-corrected chi connectivity index (χ2v) is 26.7. The molecule has 0 aromatic heterocycles. The Balaban J connectivity index is 5.42. The Hall–Kier alpha value is -5.32. The molecule has 0 fully saturated rings. The molecule has 5 unspecified atom stereocenters. The molecule has 0 aliphatic heterocycles. The van der Waals surface area contributed by atoms with Crippen LogP contribution in [0.2, 0.25) is 0 Å². The van der Waals surface area contributed by atoms with Crippen LogP contribution in [0.3, 0.4) is 0 Å². The smallest absolute Gasteiger partial charge is 0.462 e. The third-order valence-electron chi connectivity index (χ3n) is 14.5. The van der Waals surface area contributed by atoms with Crippen LogP contribution in [0.5, 0.6) is 0 Å². The number of phosphoric acid groups is 2. The van der Waals surface area contributed by atoms with Crippen LogP contribution < -0.4 is 0 Å². The summed E-state index contributed by atoms with van der Waals surface area (Å²) in [7, 11) is -9.99. The maximum Gasteiger partial charge on any atom is 0.472 e. The molecule has 5 atom stereocenters. The molecular weight excluding hydrogens is 1280 g/mol. The molecule has 556 valence electrons. The number of hydrogen-bond acceptors (Lipinski definition) is 15. The maximum atomic E-state index is 13.0. The first-order valence-corrected chi connectivity index (χ1v) is 39.7. The van der Waals surface area contributed by atoms with Crippen LogP contribution in [-0.4, -0.2) is 96.7 Å². The fourth-order valence-electron chi connectivity index (χ4n) is 8.89. The lowest BCUT2D eigenvalue weighted by molar-refractivity contribution is -0.161. The Kier molecular flexibility index (Phi) is 66.3. The molecular formula is C79H128O17P2. The second kappa shape index (κ2) is 70.1. The zero-order valence-corrected chi connectivity index (χ0v) is 62.2.